The number of rotatable bonds is 5. The number of aliphatic hydroxyl groups is 1. The van der Waals surface area contributed by atoms with Crippen LogP contribution >= 0.6 is 0 Å². The molecule has 3 aromatic heterocycles. The molecule has 0 spiro atoms. The fourth-order valence-corrected chi connectivity index (χ4v) is 4.11. The number of likely N-dealkylation sites (tertiary alicyclic amines) is 1. The molecule has 1 atom stereocenters. The van der Waals surface area contributed by atoms with Crippen molar-refractivity contribution < 1.29 is 9.90 Å². The van der Waals surface area contributed by atoms with Gasteiger partial charge in [0.1, 0.15) is 11.9 Å². The van der Waals surface area contributed by atoms with Crippen molar-refractivity contribution in [3.8, 4) is 17.2 Å². The molecule has 5 rings (SSSR count). The third-order valence-electron chi connectivity index (χ3n) is 6.16. The summed E-state index contributed by atoms with van der Waals surface area (Å²) < 4.78 is 0. The van der Waals surface area contributed by atoms with Gasteiger partial charge in [-0.2, -0.15) is 5.26 Å². The minimum absolute atomic E-state index is 0.0191. The molecular weight excluding hydrogens is 404 g/mol. The molecule has 2 aliphatic rings. The summed E-state index contributed by atoms with van der Waals surface area (Å²) in [6.07, 6.45) is 9.86. The van der Waals surface area contributed by atoms with Gasteiger partial charge in [-0.3, -0.25) is 19.7 Å². The van der Waals surface area contributed by atoms with Gasteiger partial charge in [-0.05, 0) is 43.9 Å². The van der Waals surface area contributed by atoms with Crippen molar-refractivity contribution in [2.45, 2.75) is 37.8 Å². The average Bonchev–Trinajstić information content (AvgIpc) is 3.66. The molecule has 1 saturated carbocycles. The number of amides is 1. The van der Waals surface area contributed by atoms with Crippen molar-refractivity contribution in [3.63, 3.8) is 0 Å². The van der Waals surface area contributed by atoms with E-state index in [2.05, 4.69) is 31.2 Å². The molecule has 2 fully saturated rings. The number of carbonyl (C=O) groups excluding carboxylic acids is 1. The first-order valence-electron chi connectivity index (χ1n) is 10.9. The number of aliphatic hydroxyl groups excluding tert-OH is 1. The Morgan fingerprint density at radius 3 is 2.59 bits per heavy atom. The number of fused-ring (bicyclic) bond motifs is 1. The average molecular weight is 428 g/mol. The van der Waals surface area contributed by atoms with Crippen LogP contribution < -0.4 is 5.32 Å². The van der Waals surface area contributed by atoms with Crippen LogP contribution in [0.1, 0.15) is 37.3 Å². The zero-order chi connectivity index (χ0) is 22.1. The molecule has 32 heavy (non-hydrogen) atoms. The zero-order valence-electron chi connectivity index (χ0n) is 17.6. The van der Waals surface area contributed by atoms with Gasteiger partial charge in [-0.15, -0.1) is 0 Å². The second kappa shape index (κ2) is 8.61. The van der Waals surface area contributed by atoms with Crippen molar-refractivity contribution in [2.75, 3.05) is 18.4 Å². The van der Waals surface area contributed by atoms with Gasteiger partial charge in [0.25, 0.3) is 0 Å². The fraction of sp³-hybridized carbons (Fsp3) is 0.375. The maximum absolute atomic E-state index is 12.1. The molecule has 4 heterocycles. The molecular formula is C24H24N6O2. The second-order valence-electron chi connectivity index (χ2n) is 8.56. The third-order valence-corrected chi connectivity index (χ3v) is 6.16. The van der Waals surface area contributed by atoms with Crippen LogP contribution in [0.15, 0.2) is 43.0 Å². The van der Waals surface area contributed by atoms with Crippen molar-refractivity contribution in [2.24, 2.45) is 5.92 Å². The number of nitrogens with zero attached hydrogens (tertiary/aromatic N) is 5. The van der Waals surface area contributed by atoms with Gasteiger partial charge >= 0.3 is 0 Å². The summed E-state index contributed by atoms with van der Waals surface area (Å²) in [5.74, 6) is 0.657. The Hall–Kier alpha value is -3.41. The van der Waals surface area contributed by atoms with E-state index in [0.717, 1.165) is 40.4 Å². The van der Waals surface area contributed by atoms with E-state index in [1.54, 1.807) is 24.8 Å². The van der Waals surface area contributed by atoms with Crippen LogP contribution in [0.4, 0.5) is 5.82 Å². The van der Waals surface area contributed by atoms with E-state index >= 15 is 0 Å². The number of piperidine rings is 1. The Labute approximate surface area is 185 Å². The highest BCUT2D eigenvalue weighted by Crippen LogP contribution is 2.31. The molecule has 1 amide bonds. The van der Waals surface area contributed by atoms with E-state index in [4.69, 9.17) is 0 Å². The number of hydrogen-bond donors (Lipinski definition) is 2. The van der Waals surface area contributed by atoms with Crippen LogP contribution in [-0.4, -0.2) is 50.1 Å². The van der Waals surface area contributed by atoms with Gasteiger partial charge < -0.3 is 10.4 Å². The molecule has 2 N–H and O–H groups in total. The highest BCUT2D eigenvalue weighted by atomic mass is 16.3. The van der Waals surface area contributed by atoms with E-state index in [0.29, 0.717) is 31.7 Å². The standard InChI is InChI=1S/C24H24N6O2/c25-10-22(30-5-3-20(31)4-6-30)19-8-17(11-26-12-19)18-7-16-9-23(28-14-21(16)27-13-18)29-24(32)15-1-2-15/h7-9,11-15,20,22,31H,1-6H2,(H,28,29,32). The Balaban J connectivity index is 1.41. The molecule has 0 radical (unpaired) electrons. The van der Waals surface area contributed by atoms with Crippen LogP contribution in [0, 0.1) is 17.2 Å². The molecule has 8 heteroatoms. The number of anilines is 1. The largest absolute Gasteiger partial charge is 0.393 e. The second-order valence-corrected chi connectivity index (χ2v) is 8.56. The SMILES string of the molecule is N#CC(c1cncc(-c2cnc3cnc(NC(=O)C4CC4)cc3c2)c1)N1CCC(O)CC1. The minimum atomic E-state index is -0.406. The molecule has 1 unspecified atom stereocenters. The minimum Gasteiger partial charge on any atom is -0.393 e. The molecule has 0 bridgehead atoms. The summed E-state index contributed by atoms with van der Waals surface area (Å²) in [6.45, 7) is 1.37. The lowest BCUT2D eigenvalue weighted by Gasteiger charge is -2.32. The number of nitrogens with one attached hydrogen (secondary N) is 1. The normalized spacial score (nSPS) is 18.2. The molecule has 3 aromatic rings. The lowest BCUT2D eigenvalue weighted by molar-refractivity contribution is -0.117. The lowest BCUT2D eigenvalue weighted by atomic mass is 10.00. The van der Waals surface area contributed by atoms with Crippen LogP contribution in [0.25, 0.3) is 22.0 Å². The zero-order valence-corrected chi connectivity index (χ0v) is 17.6. The van der Waals surface area contributed by atoms with Gasteiger partial charge in [0, 0.05) is 59.7 Å². The van der Waals surface area contributed by atoms with Crippen molar-refractivity contribution in [3.05, 3.63) is 48.5 Å². The van der Waals surface area contributed by atoms with Crippen LogP contribution in [-0.2, 0) is 4.79 Å². The van der Waals surface area contributed by atoms with Crippen molar-refractivity contribution in [1.29, 1.82) is 5.26 Å². The molecule has 1 aliphatic carbocycles. The quantitative estimate of drug-likeness (QED) is 0.642. The molecule has 1 aliphatic heterocycles. The van der Waals surface area contributed by atoms with E-state index in [1.807, 2.05) is 18.2 Å². The van der Waals surface area contributed by atoms with Crippen molar-refractivity contribution >= 4 is 22.6 Å². The van der Waals surface area contributed by atoms with Gasteiger partial charge in [0.05, 0.1) is 23.9 Å². The first-order chi connectivity index (χ1) is 15.6. The highest BCUT2D eigenvalue weighted by molar-refractivity contribution is 5.95. The first-order valence-corrected chi connectivity index (χ1v) is 10.9. The summed E-state index contributed by atoms with van der Waals surface area (Å²) >= 11 is 0. The Morgan fingerprint density at radius 1 is 1.06 bits per heavy atom. The highest BCUT2D eigenvalue weighted by Gasteiger charge is 2.30. The summed E-state index contributed by atoms with van der Waals surface area (Å²) in [5, 5.41) is 23.3. The first kappa shape index (κ1) is 20.5. The maximum atomic E-state index is 12.1. The van der Waals surface area contributed by atoms with Gasteiger partial charge in [0.2, 0.25) is 5.91 Å². The maximum Gasteiger partial charge on any atom is 0.228 e. The smallest absolute Gasteiger partial charge is 0.228 e. The van der Waals surface area contributed by atoms with E-state index < -0.39 is 6.04 Å². The lowest BCUT2D eigenvalue weighted by Crippen LogP contribution is -2.38. The Kier molecular flexibility index (Phi) is 5.52. The van der Waals surface area contributed by atoms with E-state index in [1.165, 1.54) is 0 Å². The summed E-state index contributed by atoms with van der Waals surface area (Å²) in [7, 11) is 0. The summed E-state index contributed by atoms with van der Waals surface area (Å²) in [4.78, 5) is 27.3. The van der Waals surface area contributed by atoms with E-state index in [-0.39, 0.29) is 17.9 Å². The molecule has 162 valence electrons. The van der Waals surface area contributed by atoms with Crippen LogP contribution in [0.3, 0.4) is 0 Å². The van der Waals surface area contributed by atoms with Crippen LogP contribution in [0.5, 0.6) is 0 Å². The predicted molar refractivity (Wildman–Crippen MR) is 119 cm³/mol. The van der Waals surface area contributed by atoms with Gasteiger partial charge in [-0.1, -0.05) is 0 Å². The number of pyridine rings is 3. The molecule has 1 saturated heterocycles. The van der Waals surface area contributed by atoms with Crippen molar-refractivity contribution in [1.82, 2.24) is 19.9 Å². The fourth-order valence-electron chi connectivity index (χ4n) is 4.11. The molecule has 8 nitrogen and oxygen atoms in total. The Bertz CT molecular complexity index is 1190. The van der Waals surface area contributed by atoms with E-state index in [9.17, 15) is 15.2 Å². The number of carbonyl (C=O) groups is 1. The summed E-state index contributed by atoms with van der Waals surface area (Å²) in [5.41, 5.74) is 3.32. The Morgan fingerprint density at radius 2 is 1.84 bits per heavy atom. The van der Waals surface area contributed by atoms with Gasteiger partial charge in [-0.25, -0.2) is 4.98 Å². The number of nitriles is 1. The molecule has 0 aromatic carbocycles. The third kappa shape index (κ3) is 4.31. The van der Waals surface area contributed by atoms with Crippen LogP contribution in [0.2, 0.25) is 0 Å². The topological polar surface area (TPSA) is 115 Å². The monoisotopic (exact) mass is 428 g/mol. The summed E-state index contributed by atoms with van der Waals surface area (Å²) in [6, 6.07) is 7.79. The number of hydrogen-bond acceptors (Lipinski definition) is 7. The van der Waals surface area contributed by atoms with Gasteiger partial charge in [0.15, 0.2) is 0 Å². The predicted octanol–water partition coefficient (Wildman–Crippen LogP) is 3.06. The number of aromatic nitrogens is 3.